The van der Waals surface area contributed by atoms with Gasteiger partial charge in [0, 0.05) is 17.3 Å². The van der Waals surface area contributed by atoms with Crippen molar-refractivity contribution < 1.29 is 34.1 Å². The zero-order chi connectivity index (χ0) is 29.4. The van der Waals surface area contributed by atoms with Gasteiger partial charge in [0.25, 0.3) is 11.5 Å². The molecule has 1 unspecified atom stereocenters. The Morgan fingerprint density at radius 2 is 1.90 bits per heavy atom. The number of ether oxygens (including phenoxy) is 1. The first kappa shape index (κ1) is 29.2. The first-order valence-corrected chi connectivity index (χ1v) is 11.8. The third kappa shape index (κ3) is 7.37. The Kier molecular flexibility index (Phi) is 9.11. The van der Waals surface area contributed by atoms with E-state index in [1.54, 1.807) is 12.1 Å². The number of nitrogen functional groups attached to an aromatic ring is 1. The Morgan fingerprint density at radius 1 is 1.20 bits per heavy atom. The molecular weight excluding hydrogens is 526 g/mol. The van der Waals surface area contributed by atoms with Crippen molar-refractivity contribution in [1.82, 2.24) is 25.3 Å². The van der Waals surface area contributed by atoms with Crippen molar-refractivity contribution >= 4 is 46.6 Å². The lowest BCUT2D eigenvalue weighted by Gasteiger charge is -2.28. The number of aromatic nitrogens is 4. The molecule has 0 spiro atoms. The standard InChI is InChI=1S/C25H27N7O8/c1-3-17(33)40-9-8-25(2,23(38)39)10-16(22(36)37)30-20(34)13-4-6-14(7-5-13)27-11-15-12-28-19-18(29-15)21(35)32-24(26)31-19/h3-7,12,16,27H,1,8-11H2,2H3,(H,30,34)(H,36,37)(H,38,39)(H3,26,28,31,32,35)/t16-,25?/m0/s1. The van der Waals surface area contributed by atoms with E-state index in [2.05, 4.69) is 37.1 Å². The second-order valence-electron chi connectivity index (χ2n) is 8.97. The Bertz CT molecular complexity index is 1510. The van der Waals surface area contributed by atoms with Gasteiger partial charge in [-0.3, -0.25) is 19.4 Å². The summed E-state index contributed by atoms with van der Waals surface area (Å²) in [5.74, 6) is -4.26. The first-order chi connectivity index (χ1) is 18.9. The molecule has 0 bridgehead atoms. The van der Waals surface area contributed by atoms with Gasteiger partial charge in [0.1, 0.15) is 6.04 Å². The van der Waals surface area contributed by atoms with Gasteiger partial charge in [0.15, 0.2) is 11.2 Å². The summed E-state index contributed by atoms with van der Waals surface area (Å²) in [5.41, 5.74) is 4.68. The number of hydrogen-bond acceptors (Lipinski definition) is 11. The van der Waals surface area contributed by atoms with Crippen LogP contribution in [-0.4, -0.2) is 66.6 Å². The predicted molar refractivity (Wildman–Crippen MR) is 141 cm³/mol. The van der Waals surface area contributed by atoms with Gasteiger partial charge in [0.05, 0.1) is 30.5 Å². The number of H-pyrrole nitrogens is 1. The van der Waals surface area contributed by atoms with Gasteiger partial charge >= 0.3 is 17.9 Å². The van der Waals surface area contributed by atoms with Crippen LogP contribution in [0.1, 0.15) is 35.8 Å². The van der Waals surface area contributed by atoms with Crippen molar-refractivity contribution in [2.75, 3.05) is 17.7 Å². The van der Waals surface area contributed by atoms with Gasteiger partial charge < -0.3 is 31.3 Å². The van der Waals surface area contributed by atoms with E-state index in [0.29, 0.717) is 11.4 Å². The Balaban J connectivity index is 1.63. The predicted octanol–water partition coefficient (Wildman–Crippen LogP) is 0.691. The number of nitrogens with zero attached hydrogens (tertiary/aromatic N) is 3. The third-order valence-electron chi connectivity index (χ3n) is 5.95. The monoisotopic (exact) mass is 553 g/mol. The van der Waals surface area contributed by atoms with Gasteiger partial charge in [-0.15, -0.1) is 0 Å². The molecule has 2 atom stereocenters. The van der Waals surface area contributed by atoms with E-state index in [1.807, 2.05) is 0 Å². The van der Waals surface area contributed by atoms with Crippen molar-refractivity contribution in [3.8, 4) is 0 Å². The van der Waals surface area contributed by atoms with E-state index in [9.17, 15) is 34.2 Å². The smallest absolute Gasteiger partial charge is 0.330 e. The molecule has 15 heteroatoms. The van der Waals surface area contributed by atoms with Crippen LogP contribution in [0.15, 0.2) is 47.9 Å². The molecule has 40 heavy (non-hydrogen) atoms. The molecule has 210 valence electrons. The van der Waals surface area contributed by atoms with Gasteiger partial charge in [0.2, 0.25) is 5.95 Å². The maximum absolute atomic E-state index is 12.7. The topological polar surface area (TPSA) is 240 Å². The molecule has 2 heterocycles. The average molecular weight is 554 g/mol. The summed E-state index contributed by atoms with van der Waals surface area (Å²) in [6.45, 7) is 4.47. The Labute approximate surface area is 226 Å². The van der Waals surface area contributed by atoms with E-state index in [1.165, 1.54) is 25.3 Å². The Morgan fingerprint density at radius 3 is 2.52 bits per heavy atom. The van der Waals surface area contributed by atoms with Crippen molar-refractivity contribution in [1.29, 1.82) is 0 Å². The van der Waals surface area contributed by atoms with Gasteiger partial charge in [-0.2, -0.15) is 4.98 Å². The minimum Gasteiger partial charge on any atom is -0.481 e. The number of amides is 1. The quantitative estimate of drug-likeness (QED) is 0.126. The summed E-state index contributed by atoms with van der Waals surface area (Å²) >= 11 is 0. The molecule has 0 radical (unpaired) electrons. The fourth-order valence-corrected chi connectivity index (χ4v) is 3.61. The number of anilines is 2. The summed E-state index contributed by atoms with van der Waals surface area (Å²) in [5, 5.41) is 24.7. The largest absolute Gasteiger partial charge is 0.481 e. The van der Waals surface area contributed by atoms with E-state index >= 15 is 0 Å². The van der Waals surface area contributed by atoms with Gasteiger partial charge in [-0.25, -0.2) is 19.6 Å². The molecule has 1 aromatic carbocycles. The number of carboxylic acids is 2. The van der Waals surface area contributed by atoms with Crippen molar-refractivity contribution in [2.24, 2.45) is 5.41 Å². The van der Waals surface area contributed by atoms with Crippen LogP contribution >= 0.6 is 0 Å². The third-order valence-corrected chi connectivity index (χ3v) is 5.95. The van der Waals surface area contributed by atoms with Crippen LogP contribution in [-0.2, 0) is 25.7 Å². The molecule has 1 amide bonds. The highest BCUT2D eigenvalue weighted by atomic mass is 16.5. The number of carbonyl (C=O) groups excluding carboxylic acids is 2. The molecule has 15 nitrogen and oxygen atoms in total. The maximum atomic E-state index is 12.7. The number of aliphatic carboxylic acids is 2. The second kappa shape index (κ2) is 12.5. The molecule has 7 N–H and O–H groups in total. The van der Waals surface area contributed by atoms with E-state index in [0.717, 1.165) is 6.08 Å². The number of rotatable bonds is 13. The second-order valence-corrected chi connectivity index (χ2v) is 8.97. The van der Waals surface area contributed by atoms with E-state index in [-0.39, 0.29) is 42.2 Å². The maximum Gasteiger partial charge on any atom is 0.330 e. The number of carbonyl (C=O) groups is 4. The lowest BCUT2D eigenvalue weighted by Crippen LogP contribution is -2.46. The SMILES string of the molecule is C=CC(=O)OCCC(C)(C[C@H](NC(=O)c1ccc(NCc2cnc3nc(N)[nH]c(=O)c3n2)cc1)C(=O)O)C(=O)O. The number of aromatic amines is 1. The molecule has 3 rings (SSSR count). The minimum atomic E-state index is -1.61. The summed E-state index contributed by atoms with van der Waals surface area (Å²) in [6.07, 6.45) is 1.73. The number of nitrogens with two attached hydrogens (primary N) is 1. The van der Waals surface area contributed by atoms with Crippen LogP contribution in [0, 0.1) is 5.41 Å². The van der Waals surface area contributed by atoms with Crippen LogP contribution in [0.3, 0.4) is 0 Å². The van der Waals surface area contributed by atoms with E-state index in [4.69, 9.17) is 10.5 Å². The molecule has 2 aromatic heterocycles. The zero-order valence-electron chi connectivity index (χ0n) is 21.3. The highest BCUT2D eigenvalue weighted by Crippen LogP contribution is 2.29. The molecule has 0 fully saturated rings. The molecule has 0 aliphatic heterocycles. The van der Waals surface area contributed by atoms with Crippen LogP contribution in [0.4, 0.5) is 11.6 Å². The summed E-state index contributed by atoms with van der Waals surface area (Å²) in [4.78, 5) is 74.3. The fourth-order valence-electron chi connectivity index (χ4n) is 3.61. The summed E-state index contributed by atoms with van der Waals surface area (Å²) in [7, 11) is 0. The average Bonchev–Trinajstić information content (AvgIpc) is 2.91. The normalized spacial score (nSPS) is 13.0. The number of esters is 1. The van der Waals surface area contributed by atoms with Crippen molar-refractivity contribution in [3.63, 3.8) is 0 Å². The summed E-state index contributed by atoms with van der Waals surface area (Å²) < 4.78 is 4.83. The number of benzene rings is 1. The number of fused-ring (bicyclic) bond motifs is 1. The lowest BCUT2D eigenvalue weighted by molar-refractivity contribution is -0.153. The van der Waals surface area contributed by atoms with Crippen molar-refractivity contribution in [2.45, 2.75) is 32.4 Å². The van der Waals surface area contributed by atoms with Gasteiger partial charge in [-0.05, 0) is 44.0 Å². The van der Waals surface area contributed by atoms with E-state index < -0.39 is 47.3 Å². The molecule has 0 saturated heterocycles. The highest BCUT2D eigenvalue weighted by Gasteiger charge is 2.39. The van der Waals surface area contributed by atoms with Crippen LogP contribution < -0.4 is 21.9 Å². The van der Waals surface area contributed by atoms with Gasteiger partial charge in [-0.1, -0.05) is 6.58 Å². The lowest BCUT2D eigenvalue weighted by atomic mass is 9.80. The highest BCUT2D eigenvalue weighted by molar-refractivity contribution is 5.97. The molecular formula is C25H27N7O8. The first-order valence-electron chi connectivity index (χ1n) is 11.8. The fraction of sp³-hybridized carbons (Fsp3) is 0.280. The van der Waals surface area contributed by atoms with Crippen LogP contribution in [0.25, 0.3) is 11.2 Å². The van der Waals surface area contributed by atoms with Crippen LogP contribution in [0.2, 0.25) is 0 Å². The molecule has 0 saturated carbocycles. The molecule has 0 aliphatic carbocycles. The van der Waals surface area contributed by atoms with Crippen LogP contribution in [0.5, 0.6) is 0 Å². The van der Waals surface area contributed by atoms with Crippen molar-refractivity contribution in [3.05, 3.63) is 64.7 Å². The molecule has 0 aliphatic rings. The summed E-state index contributed by atoms with van der Waals surface area (Å²) in [6, 6.07) is 4.52. The number of hydrogen-bond donors (Lipinski definition) is 6. The Hall–Kier alpha value is -5.34. The minimum absolute atomic E-state index is 0.0327. The molecule has 3 aromatic rings. The number of carboxylic acid groups (broad SMARTS) is 2. The number of nitrogens with one attached hydrogen (secondary N) is 3. The zero-order valence-corrected chi connectivity index (χ0v) is 21.3.